The smallest absolute Gasteiger partial charge is 0.416 e. The number of imide groups is 1. The first-order chi connectivity index (χ1) is 17.1. The van der Waals surface area contributed by atoms with Gasteiger partial charge in [0.1, 0.15) is 6.61 Å². The summed E-state index contributed by atoms with van der Waals surface area (Å²) in [6, 6.07) is 29.0. The molecule has 172 valence electrons. The molecule has 0 unspecified atom stereocenters. The Hall–Kier alpha value is -4.63. The van der Waals surface area contributed by atoms with E-state index in [1.807, 2.05) is 89.8 Å². The molecule has 0 radical (unpaired) electrons. The first-order valence-electron chi connectivity index (χ1n) is 11.4. The summed E-state index contributed by atoms with van der Waals surface area (Å²) in [5.74, 6) is -0.262. The van der Waals surface area contributed by atoms with Gasteiger partial charge in [-0.05, 0) is 59.0 Å². The number of hydrogen-bond donors (Lipinski definition) is 0. The summed E-state index contributed by atoms with van der Waals surface area (Å²) in [5, 5.41) is 8.97. The fourth-order valence-electron chi connectivity index (χ4n) is 4.33. The van der Waals surface area contributed by atoms with Crippen LogP contribution in [0.4, 0.5) is 4.79 Å². The Bertz CT molecular complexity index is 1380. The highest BCUT2D eigenvalue weighted by Gasteiger charge is 2.37. The van der Waals surface area contributed by atoms with Gasteiger partial charge < -0.3 is 9.30 Å². The van der Waals surface area contributed by atoms with Crippen LogP contribution < -0.4 is 0 Å². The molecule has 0 aliphatic carbocycles. The number of ether oxygens (including phenoxy) is 1. The van der Waals surface area contributed by atoms with Crippen molar-refractivity contribution in [3.63, 3.8) is 0 Å². The lowest BCUT2D eigenvalue weighted by Gasteiger charge is -2.19. The minimum absolute atomic E-state index is 0.122. The summed E-state index contributed by atoms with van der Waals surface area (Å²) in [6.07, 6.45) is 3.93. The number of amides is 2. The van der Waals surface area contributed by atoms with E-state index in [-0.39, 0.29) is 25.0 Å². The first kappa shape index (κ1) is 22.2. The third-order valence-corrected chi connectivity index (χ3v) is 6.17. The summed E-state index contributed by atoms with van der Waals surface area (Å²) in [7, 11) is 0. The van der Waals surface area contributed by atoms with E-state index in [0.717, 1.165) is 27.9 Å². The Morgan fingerprint density at radius 1 is 0.914 bits per heavy atom. The quantitative estimate of drug-likeness (QED) is 0.398. The van der Waals surface area contributed by atoms with Gasteiger partial charge in [-0.25, -0.2) is 9.69 Å². The molecule has 6 nitrogen and oxygen atoms in total. The highest BCUT2D eigenvalue weighted by molar-refractivity contribution is 5.94. The summed E-state index contributed by atoms with van der Waals surface area (Å²) < 4.78 is 7.14. The second kappa shape index (κ2) is 9.70. The molecule has 1 saturated heterocycles. The van der Waals surface area contributed by atoms with E-state index < -0.39 is 6.09 Å². The van der Waals surface area contributed by atoms with Crippen LogP contribution in [0.15, 0.2) is 97.3 Å². The summed E-state index contributed by atoms with van der Waals surface area (Å²) in [6.45, 7) is 0.214. The van der Waals surface area contributed by atoms with Gasteiger partial charge >= 0.3 is 6.09 Å². The molecule has 1 atom stereocenters. The van der Waals surface area contributed by atoms with Crippen LogP contribution in [0, 0.1) is 11.3 Å². The maximum atomic E-state index is 13.0. The predicted octanol–water partition coefficient (Wildman–Crippen LogP) is 5.15. The average molecular weight is 462 g/mol. The van der Waals surface area contributed by atoms with Crippen LogP contribution in [-0.4, -0.2) is 34.1 Å². The Kier molecular flexibility index (Phi) is 6.15. The molecule has 1 aliphatic rings. The zero-order chi connectivity index (χ0) is 24.2. The monoisotopic (exact) mass is 461 g/mol. The topological polar surface area (TPSA) is 75.3 Å². The van der Waals surface area contributed by atoms with Crippen LogP contribution in [-0.2, 0) is 22.4 Å². The van der Waals surface area contributed by atoms with Gasteiger partial charge in [0.05, 0.1) is 24.1 Å². The third kappa shape index (κ3) is 4.85. The first-order valence-corrected chi connectivity index (χ1v) is 11.4. The molecule has 5 rings (SSSR count). The number of carbonyl (C=O) groups excluding carboxylic acids is 2. The van der Waals surface area contributed by atoms with Crippen LogP contribution in [0.2, 0.25) is 0 Å². The van der Waals surface area contributed by atoms with Gasteiger partial charge in [-0.2, -0.15) is 5.26 Å². The van der Waals surface area contributed by atoms with Crippen molar-refractivity contribution in [2.24, 2.45) is 0 Å². The maximum Gasteiger partial charge on any atom is 0.416 e. The molecule has 3 aromatic carbocycles. The molecule has 35 heavy (non-hydrogen) atoms. The van der Waals surface area contributed by atoms with Crippen LogP contribution >= 0.6 is 0 Å². The Labute approximate surface area is 203 Å². The second-order valence-electron chi connectivity index (χ2n) is 8.52. The Morgan fingerprint density at radius 2 is 1.60 bits per heavy atom. The molecule has 1 aliphatic heterocycles. The highest BCUT2D eigenvalue weighted by Crippen LogP contribution is 2.23. The minimum Gasteiger partial charge on any atom is -0.447 e. The Balaban J connectivity index is 1.26. The summed E-state index contributed by atoms with van der Waals surface area (Å²) in [4.78, 5) is 26.6. The van der Waals surface area contributed by atoms with E-state index >= 15 is 0 Å². The van der Waals surface area contributed by atoms with E-state index in [2.05, 4.69) is 6.07 Å². The number of cyclic esters (lactones) is 1. The minimum atomic E-state index is -0.575. The lowest BCUT2D eigenvalue weighted by Crippen LogP contribution is -2.41. The molecular formula is C29H23N3O3. The molecule has 0 spiro atoms. The summed E-state index contributed by atoms with van der Waals surface area (Å²) in [5.41, 5.74) is 5.57. The van der Waals surface area contributed by atoms with Crippen molar-refractivity contribution in [1.82, 2.24) is 9.47 Å². The van der Waals surface area contributed by atoms with Gasteiger partial charge in [-0.3, -0.25) is 4.79 Å². The van der Waals surface area contributed by atoms with Crippen molar-refractivity contribution < 1.29 is 14.3 Å². The number of carbonyl (C=O) groups is 2. The van der Waals surface area contributed by atoms with Crippen LogP contribution in [0.25, 0.3) is 16.8 Å². The van der Waals surface area contributed by atoms with E-state index in [1.165, 1.54) is 4.90 Å². The van der Waals surface area contributed by atoms with Crippen LogP contribution in [0.3, 0.4) is 0 Å². The number of benzene rings is 3. The van der Waals surface area contributed by atoms with Gasteiger partial charge in [-0.15, -0.1) is 0 Å². The number of nitrogens with zero attached hydrogens (tertiary/aromatic N) is 3. The van der Waals surface area contributed by atoms with Crippen molar-refractivity contribution >= 4 is 12.0 Å². The Morgan fingerprint density at radius 3 is 2.29 bits per heavy atom. The zero-order valence-corrected chi connectivity index (χ0v) is 19.0. The molecule has 0 bridgehead atoms. The average Bonchev–Trinajstić information content (AvgIpc) is 3.51. The SMILES string of the molecule is N#Cc1ccc(-c2ccc(-n3ccc(CC(=O)N4C(=O)OC[C@@H]4Cc4ccccc4)c3)cc2)cc1. The molecule has 2 heterocycles. The molecular weight excluding hydrogens is 438 g/mol. The normalized spacial score (nSPS) is 15.0. The van der Waals surface area contributed by atoms with Crippen molar-refractivity contribution in [2.45, 2.75) is 18.9 Å². The van der Waals surface area contributed by atoms with Gasteiger partial charge in [0.25, 0.3) is 0 Å². The fraction of sp³-hybridized carbons (Fsp3) is 0.138. The van der Waals surface area contributed by atoms with E-state index in [4.69, 9.17) is 10.00 Å². The van der Waals surface area contributed by atoms with Crippen molar-refractivity contribution in [3.8, 4) is 22.9 Å². The molecule has 1 aromatic heterocycles. The molecule has 0 N–H and O–H groups in total. The lowest BCUT2D eigenvalue weighted by atomic mass is 10.0. The number of nitriles is 1. The number of hydrogen-bond acceptors (Lipinski definition) is 4. The van der Waals surface area contributed by atoms with Crippen molar-refractivity contribution in [2.75, 3.05) is 6.61 Å². The van der Waals surface area contributed by atoms with Crippen LogP contribution in [0.1, 0.15) is 16.7 Å². The van der Waals surface area contributed by atoms with E-state index in [9.17, 15) is 9.59 Å². The maximum absolute atomic E-state index is 13.0. The van der Waals surface area contributed by atoms with E-state index in [0.29, 0.717) is 12.0 Å². The molecule has 0 saturated carbocycles. The van der Waals surface area contributed by atoms with Gasteiger partial charge in [0.15, 0.2) is 0 Å². The fourth-order valence-corrected chi connectivity index (χ4v) is 4.33. The predicted molar refractivity (Wildman–Crippen MR) is 132 cm³/mol. The molecule has 2 amide bonds. The van der Waals surface area contributed by atoms with E-state index in [1.54, 1.807) is 12.1 Å². The van der Waals surface area contributed by atoms with Crippen molar-refractivity contribution in [3.05, 3.63) is 114 Å². The summed E-state index contributed by atoms with van der Waals surface area (Å²) >= 11 is 0. The van der Waals surface area contributed by atoms with Gasteiger partial charge in [0, 0.05) is 18.1 Å². The molecule has 6 heteroatoms. The standard InChI is InChI=1S/C29H23N3O3/c30-18-22-6-8-24(9-7-22)25-10-12-26(13-11-25)31-15-14-23(19-31)17-28(33)32-27(20-35-29(32)34)16-21-4-2-1-3-5-21/h1-15,19,27H,16-17,20H2/t27-/m0/s1. The molecule has 4 aromatic rings. The van der Waals surface area contributed by atoms with Gasteiger partial charge in [-0.1, -0.05) is 54.6 Å². The van der Waals surface area contributed by atoms with Crippen LogP contribution in [0.5, 0.6) is 0 Å². The number of aromatic nitrogens is 1. The largest absolute Gasteiger partial charge is 0.447 e. The van der Waals surface area contributed by atoms with Gasteiger partial charge in [0.2, 0.25) is 5.91 Å². The lowest BCUT2D eigenvalue weighted by molar-refractivity contribution is -0.128. The highest BCUT2D eigenvalue weighted by atomic mass is 16.6. The zero-order valence-electron chi connectivity index (χ0n) is 19.0. The third-order valence-electron chi connectivity index (χ3n) is 6.17. The number of rotatable bonds is 6. The molecule has 1 fully saturated rings. The second-order valence-corrected chi connectivity index (χ2v) is 8.52. The van der Waals surface area contributed by atoms with Crippen molar-refractivity contribution in [1.29, 1.82) is 5.26 Å².